The molecule has 5 heteroatoms. The number of nitrogens with two attached hydrogens (primary N) is 1. The summed E-state index contributed by atoms with van der Waals surface area (Å²) in [6.07, 6.45) is 0.728. The van der Waals surface area contributed by atoms with E-state index in [1.165, 1.54) is 0 Å². The predicted molar refractivity (Wildman–Crippen MR) is 61.4 cm³/mol. The second-order valence-electron chi connectivity index (χ2n) is 3.34. The molecule has 0 radical (unpaired) electrons. The molecule has 0 aliphatic carbocycles. The Bertz CT molecular complexity index is 167. The molecule has 0 aromatic rings. The molecule has 0 saturated heterocycles. The van der Waals surface area contributed by atoms with Gasteiger partial charge in [0.15, 0.2) is 0 Å². The van der Waals surface area contributed by atoms with Gasteiger partial charge < -0.3 is 20.5 Å². The van der Waals surface area contributed by atoms with Crippen molar-refractivity contribution in [2.75, 3.05) is 33.4 Å². The van der Waals surface area contributed by atoms with E-state index in [9.17, 15) is 0 Å². The summed E-state index contributed by atoms with van der Waals surface area (Å²) in [5.74, 6) is 0. The van der Waals surface area contributed by atoms with Crippen molar-refractivity contribution in [3.05, 3.63) is 0 Å². The highest BCUT2D eigenvalue weighted by atomic mass is 32.1. The monoisotopic (exact) mass is 220 g/mol. The van der Waals surface area contributed by atoms with Crippen molar-refractivity contribution in [3.63, 3.8) is 0 Å². The van der Waals surface area contributed by atoms with Crippen LogP contribution in [0.4, 0.5) is 0 Å². The number of nitrogens with zero attached hydrogens (tertiary/aromatic N) is 1. The lowest BCUT2D eigenvalue weighted by Crippen LogP contribution is -2.35. The van der Waals surface area contributed by atoms with E-state index in [2.05, 4.69) is 11.8 Å². The number of ether oxygens (including phenoxy) is 1. The van der Waals surface area contributed by atoms with Crippen LogP contribution in [0.2, 0.25) is 0 Å². The van der Waals surface area contributed by atoms with Crippen LogP contribution in [-0.4, -0.2) is 54.4 Å². The quantitative estimate of drug-likeness (QED) is 0.445. The van der Waals surface area contributed by atoms with Crippen LogP contribution < -0.4 is 5.73 Å². The number of aliphatic hydroxyl groups is 1. The molecular weight excluding hydrogens is 200 g/mol. The molecule has 1 unspecified atom stereocenters. The number of hydrogen-bond acceptors (Lipinski definition) is 4. The molecule has 3 N–H and O–H groups in total. The summed E-state index contributed by atoms with van der Waals surface area (Å²) in [6.45, 7) is 4.00. The molecule has 0 rings (SSSR count). The van der Waals surface area contributed by atoms with Crippen LogP contribution in [0.5, 0.6) is 0 Å². The minimum absolute atomic E-state index is 0.0755. The number of hydrogen-bond donors (Lipinski definition) is 2. The molecule has 1 atom stereocenters. The topological polar surface area (TPSA) is 58.7 Å². The lowest BCUT2D eigenvalue weighted by atomic mass is 10.2. The van der Waals surface area contributed by atoms with Crippen molar-refractivity contribution in [2.45, 2.75) is 19.4 Å². The zero-order valence-corrected chi connectivity index (χ0v) is 9.72. The zero-order valence-electron chi connectivity index (χ0n) is 8.90. The van der Waals surface area contributed by atoms with Crippen LogP contribution in [0.1, 0.15) is 13.3 Å². The van der Waals surface area contributed by atoms with Gasteiger partial charge in [-0.25, -0.2) is 0 Å². The molecule has 0 saturated carbocycles. The SMILES string of the molecule is CC(CC(N)=S)N(C)CCOCCO. The molecular formula is C9H20N2O2S. The van der Waals surface area contributed by atoms with Gasteiger partial charge in [0.05, 0.1) is 24.8 Å². The minimum Gasteiger partial charge on any atom is -0.394 e. The Labute approximate surface area is 91.0 Å². The van der Waals surface area contributed by atoms with Crippen LogP contribution in [0.3, 0.4) is 0 Å². The molecule has 0 bridgehead atoms. The normalized spacial score (nSPS) is 13.1. The molecule has 0 spiro atoms. The number of aliphatic hydroxyl groups excluding tert-OH is 1. The van der Waals surface area contributed by atoms with Gasteiger partial charge in [0, 0.05) is 19.0 Å². The van der Waals surface area contributed by atoms with Crippen LogP contribution in [0.15, 0.2) is 0 Å². The summed E-state index contributed by atoms with van der Waals surface area (Å²) in [5.41, 5.74) is 5.45. The third-order valence-electron chi connectivity index (χ3n) is 2.07. The first kappa shape index (κ1) is 13.8. The van der Waals surface area contributed by atoms with Gasteiger partial charge in [0.25, 0.3) is 0 Å². The van der Waals surface area contributed by atoms with Gasteiger partial charge in [-0.1, -0.05) is 12.2 Å². The summed E-state index contributed by atoms with van der Waals surface area (Å²) in [7, 11) is 2.01. The van der Waals surface area contributed by atoms with E-state index in [1.807, 2.05) is 7.05 Å². The van der Waals surface area contributed by atoms with E-state index < -0.39 is 0 Å². The molecule has 0 aromatic carbocycles. The first-order chi connectivity index (χ1) is 6.57. The van der Waals surface area contributed by atoms with Gasteiger partial charge in [-0.3, -0.25) is 0 Å². The van der Waals surface area contributed by atoms with Crippen LogP contribution in [-0.2, 0) is 4.74 Å². The second-order valence-corrected chi connectivity index (χ2v) is 3.86. The average molecular weight is 220 g/mol. The summed E-state index contributed by atoms with van der Waals surface area (Å²) >= 11 is 4.83. The van der Waals surface area contributed by atoms with E-state index in [4.69, 9.17) is 27.8 Å². The van der Waals surface area contributed by atoms with E-state index in [0.717, 1.165) is 13.0 Å². The predicted octanol–water partition coefficient (Wildman–Crippen LogP) is -0.00820. The fourth-order valence-corrected chi connectivity index (χ4v) is 1.28. The highest BCUT2D eigenvalue weighted by Crippen LogP contribution is 2.00. The lowest BCUT2D eigenvalue weighted by Gasteiger charge is -2.23. The molecule has 0 heterocycles. The largest absolute Gasteiger partial charge is 0.394 e. The summed E-state index contributed by atoms with van der Waals surface area (Å²) in [6, 6.07) is 0.338. The smallest absolute Gasteiger partial charge is 0.0742 e. The molecule has 0 aliphatic heterocycles. The fraction of sp³-hybridized carbons (Fsp3) is 0.889. The van der Waals surface area contributed by atoms with Crippen molar-refractivity contribution in [1.29, 1.82) is 0 Å². The van der Waals surface area contributed by atoms with Crippen LogP contribution in [0, 0.1) is 0 Å². The standard InChI is InChI=1S/C9H20N2O2S/c1-8(7-9(10)14)11(2)3-5-13-6-4-12/h8,12H,3-7H2,1-2H3,(H2,10,14). The highest BCUT2D eigenvalue weighted by Gasteiger charge is 2.09. The van der Waals surface area contributed by atoms with Gasteiger partial charge in [0.2, 0.25) is 0 Å². The maximum atomic E-state index is 8.49. The summed E-state index contributed by atoms with van der Waals surface area (Å²) < 4.78 is 5.15. The Morgan fingerprint density at radius 1 is 1.57 bits per heavy atom. The van der Waals surface area contributed by atoms with Gasteiger partial charge in [-0.05, 0) is 14.0 Å². The van der Waals surface area contributed by atoms with Gasteiger partial charge >= 0.3 is 0 Å². The van der Waals surface area contributed by atoms with Crippen LogP contribution >= 0.6 is 12.2 Å². The van der Waals surface area contributed by atoms with Crippen molar-refractivity contribution in [3.8, 4) is 0 Å². The lowest BCUT2D eigenvalue weighted by molar-refractivity contribution is 0.0725. The molecule has 0 aliphatic rings. The Kier molecular flexibility index (Phi) is 7.98. The first-order valence-electron chi connectivity index (χ1n) is 4.75. The Morgan fingerprint density at radius 2 is 2.21 bits per heavy atom. The average Bonchev–Trinajstić information content (AvgIpc) is 2.11. The number of thiocarbonyl (C=S) groups is 1. The van der Waals surface area contributed by atoms with E-state index in [-0.39, 0.29) is 6.61 Å². The molecule has 84 valence electrons. The van der Waals surface area contributed by atoms with Gasteiger partial charge in [-0.2, -0.15) is 0 Å². The zero-order chi connectivity index (χ0) is 11.0. The maximum Gasteiger partial charge on any atom is 0.0742 e. The molecule has 0 amide bonds. The maximum absolute atomic E-state index is 8.49. The fourth-order valence-electron chi connectivity index (χ4n) is 1.04. The Morgan fingerprint density at radius 3 is 2.71 bits per heavy atom. The van der Waals surface area contributed by atoms with Crippen LogP contribution in [0.25, 0.3) is 0 Å². The molecule has 0 fully saturated rings. The van der Waals surface area contributed by atoms with Gasteiger partial charge in [-0.15, -0.1) is 0 Å². The molecule has 4 nitrogen and oxygen atoms in total. The third kappa shape index (κ3) is 7.20. The number of likely N-dealkylation sites (N-methyl/N-ethyl adjacent to an activating group) is 1. The van der Waals surface area contributed by atoms with E-state index >= 15 is 0 Å². The Balaban J connectivity index is 3.51. The second kappa shape index (κ2) is 8.11. The van der Waals surface area contributed by atoms with Crippen molar-refractivity contribution < 1.29 is 9.84 Å². The first-order valence-corrected chi connectivity index (χ1v) is 5.16. The molecule has 0 aromatic heterocycles. The highest BCUT2D eigenvalue weighted by molar-refractivity contribution is 7.80. The minimum atomic E-state index is 0.0755. The van der Waals surface area contributed by atoms with Gasteiger partial charge in [0.1, 0.15) is 0 Å². The third-order valence-corrected chi connectivity index (χ3v) is 2.24. The number of rotatable bonds is 8. The van der Waals surface area contributed by atoms with Crippen molar-refractivity contribution in [1.82, 2.24) is 4.90 Å². The summed E-state index contributed by atoms with van der Waals surface area (Å²) in [5, 5.41) is 8.49. The molecule has 14 heavy (non-hydrogen) atoms. The van der Waals surface area contributed by atoms with Crippen molar-refractivity contribution in [2.24, 2.45) is 5.73 Å². The van der Waals surface area contributed by atoms with Crippen molar-refractivity contribution >= 4 is 17.2 Å². The van der Waals surface area contributed by atoms with E-state index in [1.54, 1.807) is 0 Å². The summed E-state index contributed by atoms with van der Waals surface area (Å²) in [4.78, 5) is 2.68. The van der Waals surface area contributed by atoms with E-state index in [0.29, 0.717) is 24.2 Å². The Hall–Kier alpha value is -0.230.